The Balaban J connectivity index is 0.000000386. The highest BCUT2D eigenvalue weighted by atomic mass is 33.1. The minimum atomic E-state index is -6.16. The Morgan fingerprint density at radius 2 is 1.67 bits per heavy atom. The standard InChI is InChI=1S/C20H21F7N4O.C7H9OPS2/c21-18(19(22,23)24,20(25,26)27)12-2-3-14-11(9-12)1-4-16-15(14)6-8-31(16)17(32)30-13(10-29)5-7-28;1-11(8)10-7-4-2-6(9)3-5-7/h2-3,5,7,9-10,15-16H,1,4,6,8,28-29H2,(H,30,32);2-5H,9H2,1H3/b7-5-,13-10+;. The van der Waals surface area contributed by atoms with Crippen molar-refractivity contribution in [3.05, 3.63) is 83.3 Å². The van der Waals surface area contributed by atoms with E-state index in [0.717, 1.165) is 22.5 Å². The number of rotatable bonds is 5. The third-order valence-electron chi connectivity index (χ3n) is 7.04. The van der Waals surface area contributed by atoms with Crippen molar-refractivity contribution < 1.29 is 39.7 Å². The van der Waals surface area contributed by atoms with Crippen LogP contribution in [0, 0.1) is 0 Å². The number of hydrogen-bond acceptors (Lipinski definition) is 5. The number of nitrogens with one attached hydrogen (secondary N) is 1. The summed E-state index contributed by atoms with van der Waals surface area (Å²) in [5.41, 5.74) is 4.74. The summed E-state index contributed by atoms with van der Waals surface area (Å²) in [5, 5.41) is 3.73. The lowest BCUT2D eigenvalue weighted by Gasteiger charge is -2.35. The number of hydrogen-bond donors (Lipinski definition) is 3. The fraction of sp³-hybridized carbons (Fsp3) is 0.370. The van der Waals surface area contributed by atoms with Gasteiger partial charge in [-0.1, -0.05) is 30.3 Å². The molecule has 0 saturated carbocycles. The van der Waals surface area contributed by atoms with Crippen molar-refractivity contribution >= 4 is 41.2 Å². The van der Waals surface area contributed by atoms with Crippen molar-refractivity contribution in [2.24, 2.45) is 11.5 Å². The highest BCUT2D eigenvalue weighted by Crippen LogP contribution is 2.54. The first-order valence-electron chi connectivity index (χ1n) is 12.7. The van der Waals surface area contributed by atoms with E-state index in [2.05, 4.69) is 14.6 Å². The number of carbonyl (C=O) groups is 1. The van der Waals surface area contributed by atoms with Crippen LogP contribution in [0.25, 0.3) is 0 Å². The van der Waals surface area contributed by atoms with E-state index in [1.165, 1.54) is 23.1 Å². The maximum atomic E-state index is 14.4. The van der Waals surface area contributed by atoms with Crippen LogP contribution in [0.5, 0.6) is 0 Å². The summed E-state index contributed by atoms with van der Waals surface area (Å²) < 4.78 is 104. The molecular formula is C27H30F7N4O2PS2. The predicted molar refractivity (Wildman–Crippen MR) is 157 cm³/mol. The van der Waals surface area contributed by atoms with Gasteiger partial charge in [0.25, 0.3) is 0 Å². The van der Waals surface area contributed by atoms with E-state index < -0.39 is 39.4 Å². The molecule has 16 heteroatoms. The fourth-order valence-corrected chi connectivity index (χ4v) is 6.97. The molecule has 0 bridgehead atoms. The van der Waals surface area contributed by atoms with E-state index in [1.807, 2.05) is 24.3 Å². The third-order valence-corrected chi connectivity index (χ3v) is 9.40. The molecule has 4 unspecified atom stereocenters. The molecule has 5 N–H and O–H groups in total. The molecule has 2 aromatic carbocycles. The van der Waals surface area contributed by atoms with Crippen molar-refractivity contribution in [3.8, 4) is 0 Å². The highest BCUT2D eigenvalue weighted by molar-refractivity contribution is 8.68. The molecule has 6 nitrogen and oxygen atoms in total. The summed E-state index contributed by atoms with van der Waals surface area (Å²) in [6.45, 7) is 0.324. The number of urea groups is 1. The second kappa shape index (κ2) is 13.9. The number of aryl methyl sites for hydroxylation is 1. The van der Waals surface area contributed by atoms with Crippen LogP contribution >= 0.6 is 20.0 Å². The number of allylic oxidation sites excluding steroid dienone is 1. The van der Waals surface area contributed by atoms with E-state index in [9.17, 15) is 39.7 Å². The van der Waals surface area contributed by atoms with E-state index in [1.54, 1.807) is 11.2 Å². The van der Waals surface area contributed by atoms with Gasteiger partial charge in [0.1, 0.15) is 0 Å². The van der Waals surface area contributed by atoms with Crippen molar-refractivity contribution in [2.75, 3.05) is 12.8 Å². The van der Waals surface area contributed by atoms with Gasteiger partial charge in [-0.2, -0.15) is 26.3 Å². The quantitative estimate of drug-likeness (QED) is 0.166. The van der Waals surface area contributed by atoms with Crippen LogP contribution in [-0.2, 0) is 21.9 Å². The molecule has 2 amide bonds. The molecule has 0 spiro atoms. The van der Waals surface area contributed by atoms with Gasteiger partial charge >= 0.3 is 24.1 Å². The normalized spacial score (nSPS) is 19.7. The molecule has 1 aliphatic heterocycles. The second-order valence-corrected chi connectivity index (χ2v) is 13.7. The average Bonchev–Trinajstić information content (AvgIpc) is 3.37. The highest BCUT2D eigenvalue weighted by Gasteiger charge is 2.73. The lowest BCUT2D eigenvalue weighted by molar-refractivity contribution is -0.348. The first-order chi connectivity index (χ1) is 20.0. The Kier molecular flexibility index (Phi) is 11.2. The largest absolute Gasteiger partial charge is 0.435 e. The van der Waals surface area contributed by atoms with Gasteiger partial charge in [-0.25, -0.2) is 13.4 Å². The molecule has 0 radical (unpaired) electrons. The van der Waals surface area contributed by atoms with E-state index in [0.29, 0.717) is 37.1 Å². The molecule has 4 atom stereocenters. The fourth-order valence-electron chi connectivity index (χ4n) is 5.11. The number of nitrogens with two attached hydrogens (primary N) is 2. The van der Waals surface area contributed by atoms with E-state index in [4.69, 9.17) is 11.5 Å². The average molecular weight is 671 g/mol. The number of alkyl halides is 7. The molecule has 1 saturated heterocycles. The van der Waals surface area contributed by atoms with Crippen LogP contribution in [0.15, 0.2) is 71.5 Å². The van der Waals surface area contributed by atoms with Gasteiger partial charge < -0.3 is 21.7 Å². The number of nitrogens with zero attached hydrogens (tertiary/aromatic N) is 1. The van der Waals surface area contributed by atoms with Gasteiger partial charge in [-0.05, 0) is 70.9 Å². The van der Waals surface area contributed by atoms with Gasteiger partial charge in [0.15, 0.2) is 0 Å². The number of amides is 2. The monoisotopic (exact) mass is 670 g/mol. The van der Waals surface area contributed by atoms with Crippen molar-refractivity contribution in [1.82, 2.24) is 10.2 Å². The van der Waals surface area contributed by atoms with Crippen molar-refractivity contribution in [3.63, 3.8) is 0 Å². The van der Waals surface area contributed by atoms with Gasteiger partial charge in [0, 0.05) is 41.4 Å². The molecule has 1 aliphatic carbocycles. The summed E-state index contributed by atoms with van der Waals surface area (Å²) in [7, 11) is 3.17. The minimum Gasteiger partial charge on any atom is -0.405 e. The maximum absolute atomic E-state index is 14.4. The molecule has 43 heavy (non-hydrogen) atoms. The van der Waals surface area contributed by atoms with Crippen LogP contribution < -0.4 is 22.1 Å². The van der Waals surface area contributed by atoms with Crippen LogP contribution in [0.3, 0.4) is 0 Å². The van der Waals surface area contributed by atoms with Gasteiger partial charge in [-0.3, -0.25) is 0 Å². The van der Waals surface area contributed by atoms with Crippen LogP contribution in [-0.4, -0.2) is 46.3 Å². The van der Waals surface area contributed by atoms with Crippen LogP contribution in [0.4, 0.5) is 35.5 Å². The molecule has 1 fully saturated rings. The Labute approximate surface area is 252 Å². The van der Waals surface area contributed by atoms with Gasteiger partial charge in [0.2, 0.25) is 0 Å². The zero-order chi connectivity index (χ0) is 32.2. The Hall–Kier alpha value is -2.77. The first kappa shape index (κ1) is 34.7. The number of fused-ring (bicyclic) bond motifs is 3. The minimum absolute atomic E-state index is 0.0994. The molecule has 1 heterocycles. The lowest BCUT2D eigenvalue weighted by Crippen LogP contribution is -2.50. The van der Waals surface area contributed by atoms with Crippen molar-refractivity contribution in [2.45, 2.75) is 54.1 Å². The third kappa shape index (κ3) is 7.85. The number of halogens is 7. The maximum Gasteiger partial charge on any atom is 0.435 e. The van der Waals surface area contributed by atoms with Gasteiger partial charge in [0.05, 0.1) is 15.5 Å². The Morgan fingerprint density at radius 3 is 2.21 bits per heavy atom. The molecular weight excluding hydrogens is 640 g/mol. The molecule has 236 valence electrons. The molecule has 2 aliphatic rings. The van der Waals surface area contributed by atoms with Gasteiger partial charge in [-0.15, -0.1) is 9.24 Å². The summed E-state index contributed by atoms with van der Waals surface area (Å²) >= 11 is 0. The van der Waals surface area contributed by atoms with E-state index >= 15 is 0 Å². The summed E-state index contributed by atoms with van der Waals surface area (Å²) in [6.07, 6.45) is -6.06. The Morgan fingerprint density at radius 1 is 1.05 bits per heavy atom. The summed E-state index contributed by atoms with van der Waals surface area (Å²) in [4.78, 5) is 15.2. The molecule has 0 aromatic heterocycles. The van der Waals surface area contributed by atoms with E-state index in [-0.39, 0.29) is 29.6 Å². The van der Waals surface area contributed by atoms with Crippen LogP contribution in [0.1, 0.15) is 35.4 Å². The Bertz CT molecular complexity index is 1370. The zero-order valence-corrected chi connectivity index (χ0v) is 25.5. The summed E-state index contributed by atoms with van der Waals surface area (Å²) in [5.74, 6) is -0.292. The number of carbonyl (C=O) groups excluding carboxylic acids is 1. The summed E-state index contributed by atoms with van der Waals surface area (Å²) in [6, 6.07) is 9.43. The molecule has 4 rings (SSSR count). The lowest BCUT2D eigenvalue weighted by atomic mass is 9.77. The predicted octanol–water partition coefficient (Wildman–Crippen LogP) is 5.63. The smallest absolute Gasteiger partial charge is 0.405 e. The SMILES string of the molecule is CS(=O)Sc1ccc(P)cc1.N/C=C\C(=C/N)NC(=O)N1CCC2c3ccc(C(F)(C(F)(F)F)C(F)(F)F)cc3CCC21. The topological polar surface area (TPSA) is 101 Å². The molecule has 2 aromatic rings. The number of benzene rings is 2. The first-order valence-corrected chi connectivity index (χ1v) is 16.2. The van der Waals surface area contributed by atoms with Crippen LogP contribution in [0.2, 0.25) is 0 Å². The van der Waals surface area contributed by atoms with Crippen molar-refractivity contribution in [1.29, 1.82) is 0 Å². The number of likely N-dealkylation sites (tertiary alicyclic amines) is 1. The second-order valence-electron chi connectivity index (χ2n) is 9.73. The zero-order valence-electron chi connectivity index (χ0n) is 22.7.